The van der Waals surface area contributed by atoms with E-state index in [1.165, 1.54) is 0 Å². The summed E-state index contributed by atoms with van der Waals surface area (Å²) in [6.45, 7) is 5.28. The summed E-state index contributed by atoms with van der Waals surface area (Å²) in [5.74, 6) is 0.774. The van der Waals surface area contributed by atoms with Gasteiger partial charge < -0.3 is 15.2 Å². The molecule has 0 bridgehead atoms. The zero-order valence-electron chi connectivity index (χ0n) is 10.5. The van der Waals surface area contributed by atoms with Gasteiger partial charge >= 0.3 is 0 Å². The number of nitrogens with two attached hydrogens (primary N) is 1. The summed E-state index contributed by atoms with van der Waals surface area (Å²) in [6, 6.07) is 3.78. The zero-order chi connectivity index (χ0) is 12.3. The molecule has 94 valence electrons. The van der Waals surface area contributed by atoms with Gasteiger partial charge in [0, 0.05) is 6.54 Å². The fourth-order valence-electron chi connectivity index (χ4n) is 2.00. The van der Waals surface area contributed by atoms with Crippen LogP contribution in [0.15, 0.2) is 18.3 Å². The Morgan fingerprint density at radius 3 is 2.88 bits per heavy atom. The molecule has 17 heavy (non-hydrogen) atoms. The summed E-state index contributed by atoms with van der Waals surface area (Å²) in [5.41, 5.74) is 6.35. The van der Waals surface area contributed by atoms with Crippen LogP contribution in [0.5, 0.6) is 5.75 Å². The molecule has 2 heterocycles. The van der Waals surface area contributed by atoms with Crippen molar-refractivity contribution in [3.63, 3.8) is 0 Å². The number of hydrogen-bond donors (Lipinski definition) is 1. The fraction of sp³-hybridized carbons (Fsp3) is 0.615. The minimum absolute atomic E-state index is 0.00428. The Kier molecular flexibility index (Phi) is 3.64. The maximum atomic E-state index is 5.85. The monoisotopic (exact) mass is 236 g/mol. The first-order valence-electron chi connectivity index (χ1n) is 6.05. The molecule has 1 saturated heterocycles. The second-order valence-electron chi connectivity index (χ2n) is 5.04. The SMILES string of the molecule is CC1(C)CCC(COc2ccc(CN)nc2)O1. The van der Waals surface area contributed by atoms with Gasteiger partial charge in [-0.3, -0.25) is 4.98 Å². The fourth-order valence-corrected chi connectivity index (χ4v) is 2.00. The third-order valence-corrected chi connectivity index (χ3v) is 3.00. The van der Waals surface area contributed by atoms with Crippen molar-refractivity contribution in [2.75, 3.05) is 6.61 Å². The molecule has 0 amide bonds. The summed E-state index contributed by atoms with van der Waals surface area (Å²) in [6.07, 6.45) is 4.05. The largest absolute Gasteiger partial charge is 0.489 e. The van der Waals surface area contributed by atoms with Gasteiger partial charge in [0.25, 0.3) is 0 Å². The molecule has 0 radical (unpaired) electrons. The van der Waals surface area contributed by atoms with E-state index in [4.69, 9.17) is 15.2 Å². The van der Waals surface area contributed by atoms with Crippen LogP contribution in [0.2, 0.25) is 0 Å². The third kappa shape index (κ3) is 3.41. The second-order valence-corrected chi connectivity index (χ2v) is 5.04. The minimum Gasteiger partial charge on any atom is -0.489 e. The van der Waals surface area contributed by atoms with E-state index in [0.717, 1.165) is 24.3 Å². The van der Waals surface area contributed by atoms with Gasteiger partial charge in [-0.25, -0.2) is 0 Å². The molecule has 1 fully saturated rings. The van der Waals surface area contributed by atoms with Crippen LogP contribution in [-0.2, 0) is 11.3 Å². The maximum absolute atomic E-state index is 5.85. The number of ether oxygens (including phenoxy) is 2. The normalized spacial score (nSPS) is 22.6. The Labute approximate surface area is 102 Å². The number of rotatable bonds is 4. The Morgan fingerprint density at radius 1 is 1.53 bits per heavy atom. The average molecular weight is 236 g/mol. The highest BCUT2D eigenvalue weighted by molar-refractivity contribution is 5.19. The van der Waals surface area contributed by atoms with Gasteiger partial charge in [-0.05, 0) is 38.8 Å². The lowest BCUT2D eigenvalue weighted by Gasteiger charge is -2.19. The molecule has 1 aromatic heterocycles. The molecule has 1 unspecified atom stereocenters. The van der Waals surface area contributed by atoms with Crippen LogP contribution in [0.25, 0.3) is 0 Å². The van der Waals surface area contributed by atoms with Crippen LogP contribution in [0, 0.1) is 0 Å². The molecule has 4 nitrogen and oxygen atoms in total. The van der Waals surface area contributed by atoms with Crippen molar-refractivity contribution in [3.05, 3.63) is 24.0 Å². The standard InChI is InChI=1S/C13H20N2O2/c1-13(2)6-5-12(17-13)9-16-11-4-3-10(7-14)15-8-11/h3-4,8,12H,5-7,9,14H2,1-2H3. The number of aromatic nitrogens is 1. The predicted molar refractivity (Wildman–Crippen MR) is 65.8 cm³/mol. The third-order valence-electron chi connectivity index (χ3n) is 3.00. The summed E-state index contributed by atoms with van der Waals surface area (Å²) < 4.78 is 11.5. The molecular formula is C13H20N2O2. The molecule has 1 atom stereocenters. The van der Waals surface area contributed by atoms with Crippen LogP contribution < -0.4 is 10.5 Å². The molecule has 0 aliphatic carbocycles. The average Bonchev–Trinajstić information content (AvgIpc) is 2.67. The van der Waals surface area contributed by atoms with E-state index in [-0.39, 0.29) is 11.7 Å². The van der Waals surface area contributed by atoms with Gasteiger partial charge in [0.05, 0.1) is 23.6 Å². The van der Waals surface area contributed by atoms with Gasteiger partial charge in [0.1, 0.15) is 12.4 Å². The Bertz CT molecular complexity index is 362. The number of hydrogen-bond acceptors (Lipinski definition) is 4. The van der Waals surface area contributed by atoms with E-state index in [1.807, 2.05) is 12.1 Å². The lowest BCUT2D eigenvalue weighted by Crippen LogP contribution is -2.23. The smallest absolute Gasteiger partial charge is 0.137 e. The van der Waals surface area contributed by atoms with Crippen LogP contribution in [-0.4, -0.2) is 23.3 Å². The highest BCUT2D eigenvalue weighted by Gasteiger charge is 2.31. The first-order valence-corrected chi connectivity index (χ1v) is 6.05. The van der Waals surface area contributed by atoms with Crippen LogP contribution in [0.1, 0.15) is 32.4 Å². The van der Waals surface area contributed by atoms with Gasteiger partial charge in [-0.2, -0.15) is 0 Å². The first kappa shape index (κ1) is 12.3. The van der Waals surface area contributed by atoms with Crippen molar-refractivity contribution < 1.29 is 9.47 Å². The maximum Gasteiger partial charge on any atom is 0.137 e. The Balaban J connectivity index is 1.82. The van der Waals surface area contributed by atoms with Crippen LogP contribution in [0.4, 0.5) is 0 Å². The van der Waals surface area contributed by atoms with Crippen molar-refractivity contribution in [3.8, 4) is 5.75 Å². The van der Waals surface area contributed by atoms with Gasteiger partial charge in [-0.15, -0.1) is 0 Å². The van der Waals surface area contributed by atoms with Gasteiger partial charge in [-0.1, -0.05) is 0 Å². The summed E-state index contributed by atoms with van der Waals surface area (Å²) in [5, 5.41) is 0. The van der Waals surface area contributed by atoms with Gasteiger partial charge in [0.15, 0.2) is 0 Å². The van der Waals surface area contributed by atoms with E-state index in [1.54, 1.807) is 6.20 Å². The van der Waals surface area contributed by atoms with E-state index in [2.05, 4.69) is 18.8 Å². The lowest BCUT2D eigenvalue weighted by atomic mass is 10.1. The van der Waals surface area contributed by atoms with Crippen molar-refractivity contribution in [2.45, 2.75) is 44.9 Å². The lowest BCUT2D eigenvalue weighted by molar-refractivity contribution is -0.0326. The highest BCUT2D eigenvalue weighted by atomic mass is 16.6. The first-order chi connectivity index (χ1) is 8.09. The quantitative estimate of drug-likeness (QED) is 0.867. The van der Waals surface area contributed by atoms with Crippen molar-refractivity contribution >= 4 is 0 Å². The van der Waals surface area contributed by atoms with E-state index >= 15 is 0 Å². The van der Waals surface area contributed by atoms with Crippen LogP contribution >= 0.6 is 0 Å². The molecule has 0 aromatic carbocycles. The number of nitrogens with zero attached hydrogens (tertiary/aromatic N) is 1. The van der Waals surface area contributed by atoms with Gasteiger partial charge in [0.2, 0.25) is 0 Å². The molecule has 2 N–H and O–H groups in total. The van der Waals surface area contributed by atoms with Crippen molar-refractivity contribution in [2.24, 2.45) is 5.73 Å². The Morgan fingerprint density at radius 2 is 2.35 bits per heavy atom. The topological polar surface area (TPSA) is 57.4 Å². The second kappa shape index (κ2) is 5.02. The van der Waals surface area contributed by atoms with Crippen molar-refractivity contribution in [1.29, 1.82) is 0 Å². The molecule has 1 aliphatic rings. The number of pyridine rings is 1. The van der Waals surface area contributed by atoms with E-state index in [0.29, 0.717) is 13.2 Å². The Hall–Kier alpha value is -1.13. The molecule has 0 saturated carbocycles. The summed E-state index contributed by atoms with van der Waals surface area (Å²) in [7, 11) is 0. The van der Waals surface area contributed by atoms with Crippen LogP contribution in [0.3, 0.4) is 0 Å². The van der Waals surface area contributed by atoms with Crippen molar-refractivity contribution in [1.82, 2.24) is 4.98 Å². The summed E-state index contributed by atoms with van der Waals surface area (Å²) in [4.78, 5) is 4.18. The zero-order valence-corrected chi connectivity index (χ0v) is 10.5. The summed E-state index contributed by atoms with van der Waals surface area (Å²) >= 11 is 0. The molecule has 2 rings (SSSR count). The predicted octanol–water partition coefficient (Wildman–Crippen LogP) is 1.88. The molecule has 1 aromatic rings. The molecule has 0 spiro atoms. The van der Waals surface area contributed by atoms with E-state index < -0.39 is 0 Å². The molecule has 1 aliphatic heterocycles. The minimum atomic E-state index is -0.00428. The molecule has 4 heteroatoms. The molecular weight excluding hydrogens is 216 g/mol. The highest BCUT2D eigenvalue weighted by Crippen LogP contribution is 2.29. The van der Waals surface area contributed by atoms with E-state index in [9.17, 15) is 0 Å².